The van der Waals surface area contributed by atoms with Crippen LogP contribution in [0.2, 0.25) is 0 Å². The van der Waals surface area contributed by atoms with E-state index in [4.69, 9.17) is 18.9 Å². The maximum Gasteiger partial charge on any atom is 0.245 e. The largest absolute Gasteiger partial charge is 0.479 e. The molecule has 40 heavy (non-hydrogen) atoms. The summed E-state index contributed by atoms with van der Waals surface area (Å²) in [6, 6.07) is 0. The Kier molecular flexibility index (Phi) is 8.56. The zero-order chi connectivity index (χ0) is 29.2. The van der Waals surface area contributed by atoms with E-state index in [0.29, 0.717) is 18.9 Å². The van der Waals surface area contributed by atoms with E-state index in [2.05, 4.69) is 34.9 Å². The standard InChI is InChI=1S/C25H36N8O6S/c1-14(2)39-19(20-26-10-15(3)11-27-20)16(4)40(34,35)32-24-31-30-21(17-9-25(5,6)38-12-17)33(24)18-22(36-7)28-13-29-23(18)37-8/h10-11,13-14,16-17,19H,9,12H2,1-8H3,(H,31,32)/t16-,17?,19+/m0/s1. The predicted octanol–water partition coefficient (Wildman–Crippen LogP) is 2.75. The van der Waals surface area contributed by atoms with Crippen molar-refractivity contribution in [3.63, 3.8) is 0 Å². The molecule has 0 amide bonds. The van der Waals surface area contributed by atoms with Crippen LogP contribution in [0.3, 0.4) is 0 Å². The van der Waals surface area contributed by atoms with Crippen LogP contribution in [0.25, 0.3) is 5.69 Å². The highest BCUT2D eigenvalue weighted by atomic mass is 32.2. The van der Waals surface area contributed by atoms with E-state index >= 15 is 0 Å². The molecule has 0 saturated carbocycles. The van der Waals surface area contributed by atoms with Crippen LogP contribution in [-0.2, 0) is 19.5 Å². The smallest absolute Gasteiger partial charge is 0.245 e. The molecule has 0 aromatic carbocycles. The van der Waals surface area contributed by atoms with Gasteiger partial charge in [-0.3, -0.25) is 9.29 Å². The number of hydrogen-bond donors (Lipinski definition) is 1. The Morgan fingerprint density at radius 3 is 2.20 bits per heavy atom. The summed E-state index contributed by atoms with van der Waals surface area (Å²) in [7, 11) is -1.27. The second-order valence-electron chi connectivity index (χ2n) is 10.5. The minimum atomic E-state index is -4.15. The second kappa shape index (κ2) is 11.6. The van der Waals surface area contributed by atoms with Crippen LogP contribution in [0.1, 0.15) is 70.3 Å². The average molecular weight is 577 g/mol. The third-order valence-corrected chi connectivity index (χ3v) is 8.15. The fourth-order valence-electron chi connectivity index (χ4n) is 4.50. The van der Waals surface area contributed by atoms with E-state index in [-0.39, 0.29) is 41.2 Å². The quantitative estimate of drug-likeness (QED) is 0.355. The molecule has 3 aromatic heterocycles. The average Bonchev–Trinajstić information content (AvgIpc) is 3.48. The molecule has 1 aliphatic rings. The predicted molar refractivity (Wildman–Crippen MR) is 145 cm³/mol. The summed E-state index contributed by atoms with van der Waals surface area (Å²) in [5.41, 5.74) is 0.694. The number of methoxy groups -OCH3 is 2. The minimum absolute atomic E-state index is 0.0916. The molecule has 1 aliphatic heterocycles. The molecule has 1 fully saturated rings. The van der Waals surface area contributed by atoms with Crippen molar-refractivity contribution in [2.24, 2.45) is 0 Å². The molecule has 0 radical (unpaired) electrons. The number of nitrogens with zero attached hydrogens (tertiary/aromatic N) is 7. The van der Waals surface area contributed by atoms with E-state index < -0.39 is 27.0 Å². The van der Waals surface area contributed by atoms with Crippen molar-refractivity contribution in [1.82, 2.24) is 34.7 Å². The summed E-state index contributed by atoms with van der Waals surface area (Å²) in [5.74, 6) is 0.697. The molecular weight excluding hydrogens is 540 g/mol. The number of anilines is 1. The molecular formula is C25H36N8O6S. The first-order valence-corrected chi connectivity index (χ1v) is 14.4. The van der Waals surface area contributed by atoms with E-state index in [9.17, 15) is 8.42 Å². The van der Waals surface area contributed by atoms with Gasteiger partial charge in [-0.05, 0) is 53.5 Å². The van der Waals surface area contributed by atoms with Gasteiger partial charge in [-0.2, -0.15) is 9.97 Å². The number of aromatic nitrogens is 7. The number of rotatable bonds is 11. The van der Waals surface area contributed by atoms with Gasteiger partial charge in [0.05, 0.1) is 32.5 Å². The van der Waals surface area contributed by atoms with E-state index in [1.807, 2.05) is 34.6 Å². The fourth-order valence-corrected chi connectivity index (χ4v) is 5.58. The fraction of sp³-hybridized carbons (Fsp3) is 0.600. The number of sulfonamides is 1. The second-order valence-corrected chi connectivity index (χ2v) is 12.5. The number of nitrogens with one attached hydrogen (secondary N) is 1. The zero-order valence-electron chi connectivity index (χ0n) is 23.9. The molecule has 1 N–H and O–H groups in total. The summed E-state index contributed by atoms with van der Waals surface area (Å²) in [4.78, 5) is 17.1. The number of ether oxygens (including phenoxy) is 4. The molecule has 15 heteroatoms. The first-order valence-electron chi connectivity index (χ1n) is 12.8. The van der Waals surface area contributed by atoms with Gasteiger partial charge in [0, 0.05) is 18.3 Å². The highest BCUT2D eigenvalue weighted by Gasteiger charge is 2.40. The Bertz CT molecular complexity index is 1410. The minimum Gasteiger partial charge on any atom is -0.479 e. The van der Waals surface area contributed by atoms with Crippen LogP contribution < -0.4 is 14.2 Å². The Labute approximate surface area is 233 Å². The van der Waals surface area contributed by atoms with Gasteiger partial charge >= 0.3 is 0 Å². The monoisotopic (exact) mass is 576 g/mol. The van der Waals surface area contributed by atoms with Crippen LogP contribution in [-0.4, -0.2) is 80.9 Å². The third-order valence-electron chi connectivity index (χ3n) is 6.46. The normalized spacial score (nSPS) is 18.5. The molecule has 0 aliphatic carbocycles. The molecule has 4 rings (SSSR count). The van der Waals surface area contributed by atoms with E-state index in [0.717, 1.165) is 5.56 Å². The number of aryl methyl sites for hydroxylation is 1. The molecule has 4 heterocycles. The molecule has 1 saturated heterocycles. The molecule has 14 nitrogen and oxygen atoms in total. The highest BCUT2D eigenvalue weighted by Crippen LogP contribution is 2.40. The van der Waals surface area contributed by atoms with Gasteiger partial charge in [-0.15, -0.1) is 10.2 Å². The van der Waals surface area contributed by atoms with Gasteiger partial charge in [0.15, 0.2) is 11.5 Å². The Morgan fingerprint density at radius 1 is 1.05 bits per heavy atom. The van der Waals surface area contributed by atoms with E-state index in [1.54, 1.807) is 12.4 Å². The van der Waals surface area contributed by atoms with Crippen LogP contribution in [0.15, 0.2) is 18.7 Å². The lowest BCUT2D eigenvalue weighted by molar-refractivity contribution is 0.00152. The Balaban J connectivity index is 1.80. The maximum absolute atomic E-state index is 13.8. The number of hydrogen-bond acceptors (Lipinski definition) is 12. The molecule has 0 bridgehead atoms. The van der Waals surface area contributed by atoms with Gasteiger partial charge in [-0.25, -0.2) is 18.4 Å². The van der Waals surface area contributed by atoms with Gasteiger partial charge in [0.25, 0.3) is 0 Å². The van der Waals surface area contributed by atoms with Crippen LogP contribution >= 0.6 is 0 Å². The van der Waals surface area contributed by atoms with Gasteiger partial charge < -0.3 is 18.9 Å². The molecule has 3 atom stereocenters. The maximum atomic E-state index is 13.8. The van der Waals surface area contributed by atoms with Gasteiger partial charge in [0.2, 0.25) is 27.7 Å². The van der Waals surface area contributed by atoms with Gasteiger partial charge in [0.1, 0.15) is 23.5 Å². The first-order chi connectivity index (χ1) is 18.9. The van der Waals surface area contributed by atoms with Crippen molar-refractivity contribution in [2.75, 3.05) is 25.5 Å². The van der Waals surface area contributed by atoms with Crippen molar-refractivity contribution in [3.05, 3.63) is 35.9 Å². The van der Waals surface area contributed by atoms with Gasteiger partial charge in [-0.1, -0.05) is 0 Å². The SMILES string of the molecule is COc1ncnc(OC)c1-n1c(NS(=O)(=O)[C@@H](C)[C@@H](OC(C)C)c2ncc(C)cn2)nnc1C1COC(C)(C)C1. The summed E-state index contributed by atoms with van der Waals surface area (Å²) in [6.07, 6.45) is 3.91. The van der Waals surface area contributed by atoms with Crippen molar-refractivity contribution < 1.29 is 27.4 Å². The van der Waals surface area contributed by atoms with E-state index in [1.165, 1.54) is 32.0 Å². The first kappa shape index (κ1) is 29.6. The lowest BCUT2D eigenvalue weighted by Crippen LogP contribution is -2.35. The Morgan fingerprint density at radius 2 is 1.68 bits per heavy atom. The zero-order valence-corrected chi connectivity index (χ0v) is 24.8. The molecule has 218 valence electrons. The topological polar surface area (TPSA) is 165 Å². The van der Waals surface area contributed by atoms with Crippen molar-refractivity contribution >= 4 is 16.0 Å². The van der Waals surface area contributed by atoms with Crippen LogP contribution in [0.5, 0.6) is 11.8 Å². The molecule has 1 unspecified atom stereocenters. The highest BCUT2D eigenvalue weighted by molar-refractivity contribution is 7.93. The van der Waals surface area contributed by atoms with Crippen molar-refractivity contribution in [1.29, 1.82) is 0 Å². The Hall–Kier alpha value is -3.43. The summed E-state index contributed by atoms with van der Waals surface area (Å²) < 4.78 is 54.7. The lowest BCUT2D eigenvalue weighted by atomic mass is 9.97. The third kappa shape index (κ3) is 6.15. The molecule has 0 spiro atoms. The van der Waals surface area contributed by atoms with Crippen LogP contribution in [0.4, 0.5) is 5.95 Å². The summed E-state index contributed by atoms with van der Waals surface area (Å²) >= 11 is 0. The summed E-state index contributed by atoms with van der Waals surface area (Å²) in [5, 5.41) is 7.50. The van der Waals surface area contributed by atoms with Crippen molar-refractivity contribution in [2.45, 2.75) is 76.9 Å². The van der Waals surface area contributed by atoms with Crippen molar-refractivity contribution in [3.8, 4) is 17.4 Å². The molecule has 3 aromatic rings. The van der Waals surface area contributed by atoms with Crippen LogP contribution in [0, 0.1) is 6.92 Å². The summed E-state index contributed by atoms with van der Waals surface area (Å²) in [6.45, 7) is 11.3. The lowest BCUT2D eigenvalue weighted by Gasteiger charge is -2.25.